The van der Waals surface area contributed by atoms with Crippen molar-refractivity contribution >= 4 is 11.9 Å². The van der Waals surface area contributed by atoms with Crippen molar-refractivity contribution in [1.82, 2.24) is 0 Å². The third-order valence-electron chi connectivity index (χ3n) is 3.68. The highest BCUT2D eigenvalue weighted by atomic mass is 16.6. The molecule has 0 saturated heterocycles. The van der Waals surface area contributed by atoms with Crippen LogP contribution in [0.1, 0.15) is 39.5 Å². The second kappa shape index (κ2) is 7.59. The number of rotatable bonds is 6. The summed E-state index contributed by atoms with van der Waals surface area (Å²) in [5.74, 6) is -2.86. The maximum absolute atomic E-state index is 12.1. The largest absolute Gasteiger partial charge is 0.465 e. The Morgan fingerprint density at radius 1 is 1.20 bits per heavy atom. The maximum Gasteiger partial charge on any atom is 0.323 e. The number of aliphatic hydroxyl groups is 1. The van der Waals surface area contributed by atoms with Gasteiger partial charge in [0.05, 0.1) is 19.3 Å². The van der Waals surface area contributed by atoms with Crippen LogP contribution in [0.15, 0.2) is 0 Å². The van der Waals surface area contributed by atoms with Gasteiger partial charge in [-0.3, -0.25) is 9.59 Å². The molecule has 0 radical (unpaired) electrons. The van der Waals surface area contributed by atoms with E-state index in [0.717, 1.165) is 12.8 Å². The average molecular weight is 288 g/mol. The van der Waals surface area contributed by atoms with Crippen molar-refractivity contribution in [2.24, 2.45) is 5.92 Å². The number of esters is 2. The predicted octanol–water partition coefficient (Wildman–Crippen LogP) is 1.05. The summed E-state index contributed by atoms with van der Waals surface area (Å²) in [5.41, 5.74) is -1.56. The van der Waals surface area contributed by atoms with Gasteiger partial charge in [0.1, 0.15) is 5.60 Å². The molecule has 0 bridgehead atoms. The number of carbonyl (C=O) groups is 2. The zero-order valence-electron chi connectivity index (χ0n) is 12.4. The molecular formula is C14H24O6. The van der Waals surface area contributed by atoms with Gasteiger partial charge in [-0.1, -0.05) is 12.8 Å². The van der Waals surface area contributed by atoms with Gasteiger partial charge in [-0.25, -0.2) is 0 Å². The smallest absolute Gasteiger partial charge is 0.323 e. The molecule has 1 rings (SSSR count). The van der Waals surface area contributed by atoms with Gasteiger partial charge in [0.15, 0.2) is 5.92 Å². The Morgan fingerprint density at radius 2 is 1.75 bits per heavy atom. The summed E-state index contributed by atoms with van der Waals surface area (Å²) >= 11 is 0. The van der Waals surface area contributed by atoms with Crippen LogP contribution < -0.4 is 0 Å². The first-order valence-electron chi connectivity index (χ1n) is 7.09. The van der Waals surface area contributed by atoms with E-state index < -0.39 is 29.6 Å². The molecule has 0 aromatic rings. The standard InChI is InChI=1S/C14H24O6/c1-4-19-12(15)11(13(16)20-5-2)14(17)9-7-6-8-10(14)18-3/h10-11,17H,4-9H2,1-3H3. The summed E-state index contributed by atoms with van der Waals surface area (Å²) in [5, 5.41) is 10.9. The van der Waals surface area contributed by atoms with Gasteiger partial charge in [0.25, 0.3) is 0 Å². The van der Waals surface area contributed by atoms with Crippen molar-refractivity contribution < 1.29 is 28.9 Å². The van der Waals surface area contributed by atoms with Crippen LogP contribution >= 0.6 is 0 Å². The Hall–Kier alpha value is -1.14. The number of ether oxygens (including phenoxy) is 3. The van der Waals surface area contributed by atoms with E-state index in [-0.39, 0.29) is 13.2 Å². The van der Waals surface area contributed by atoms with Crippen LogP contribution in [0, 0.1) is 5.92 Å². The molecule has 0 aliphatic heterocycles. The Labute approximate surface area is 119 Å². The normalized spacial score (nSPS) is 26.4. The van der Waals surface area contributed by atoms with Gasteiger partial charge in [-0.2, -0.15) is 0 Å². The van der Waals surface area contributed by atoms with Gasteiger partial charge >= 0.3 is 11.9 Å². The minimum atomic E-state index is -1.56. The minimum absolute atomic E-state index is 0.141. The highest BCUT2D eigenvalue weighted by molar-refractivity contribution is 5.96. The lowest BCUT2D eigenvalue weighted by Gasteiger charge is -2.41. The molecule has 0 aromatic heterocycles. The average Bonchev–Trinajstić information content (AvgIpc) is 2.39. The topological polar surface area (TPSA) is 82.1 Å². The third kappa shape index (κ3) is 3.49. The highest BCUT2D eigenvalue weighted by Gasteiger charge is 2.54. The van der Waals surface area contributed by atoms with E-state index in [0.29, 0.717) is 12.8 Å². The first-order valence-corrected chi connectivity index (χ1v) is 7.09. The summed E-state index contributed by atoms with van der Waals surface area (Å²) in [7, 11) is 1.47. The van der Waals surface area contributed by atoms with Crippen LogP contribution in [0.3, 0.4) is 0 Å². The SMILES string of the molecule is CCOC(=O)C(C(=O)OCC)C1(O)CCCCC1OC. The number of methoxy groups -OCH3 is 1. The molecule has 1 aliphatic carbocycles. The van der Waals surface area contributed by atoms with Crippen molar-refractivity contribution in [3.8, 4) is 0 Å². The number of hydrogen-bond acceptors (Lipinski definition) is 6. The lowest BCUT2D eigenvalue weighted by Crippen LogP contribution is -2.57. The third-order valence-corrected chi connectivity index (χ3v) is 3.68. The molecular weight excluding hydrogens is 264 g/mol. The minimum Gasteiger partial charge on any atom is -0.465 e. The molecule has 0 amide bonds. The molecule has 2 unspecified atom stereocenters. The van der Waals surface area contributed by atoms with Crippen molar-refractivity contribution in [2.75, 3.05) is 20.3 Å². The summed E-state index contributed by atoms with van der Waals surface area (Å²) in [6.45, 7) is 3.59. The Balaban J connectivity index is 3.05. The van der Waals surface area contributed by atoms with E-state index in [2.05, 4.69) is 0 Å². The highest BCUT2D eigenvalue weighted by Crippen LogP contribution is 2.37. The second-order valence-corrected chi connectivity index (χ2v) is 4.90. The van der Waals surface area contributed by atoms with Crippen molar-refractivity contribution in [2.45, 2.75) is 51.2 Å². The Bertz CT molecular complexity index is 325. The molecule has 0 heterocycles. The van der Waals surface area contributed by atoms with Crippen LogP contribution in [0.5, 0.6) is 0 Å². The maximum atomic E-state index is 12.1. The summed E-state index contributed by atoms with van der Waals surface area (Å²) in [4.78, 5) is 24.2. The molecule has 1 aliphatic rings. The first-order chi connectivity index (χ1) is 9.51. The summed E-state index contributed by atoms with van der Waals surface area (Å²) in [6.07, 6.45) is 1.95. The fourth-order valence-corrected chi connectivity index (χ4v) is 2.76. The predicted molar refractivity (Wildman–Crippen MR) is 71.0 cm³/mol. The van der Waals surface area contributed by atoms with Gasteiger partial charge in [-0.05, 0) is 26.7 Å². The van der Waals surface area contributed by atoms with Gasteiger partial charge in [0.2, 0.25) is 0 Å². The van der Waals surface area contributed by atoms with E-state index in [9.17, 15) is 14.7 Å². The monoisotopic (exact) mass is 288 g/mol. The second-order valence-electron chi connectivity index (χ2n) is 4.90. The molecule has 20 heavy (non-hydrogen) atoms. The zero-order chi connectivity index (χ0) is 15.2. The molecule has 6 nitrogen and oxygen atoms in total. The molecule has 6 heteroatoms. The lowest BCUT2D eigenvalue weighted by atomic mass is 9.73. The molecule has 0 spiro atoms. The van der Waals surface area contributed by atoms with Crippen LogP contribution in [0.2, 0.25) is 0 Å². The Kier molecular flexibility index (Phi) is 6.42. The van der Waals surface area contributed by atoms with Gasteiger partial charge in [-0.15, -0.1) is 0 Å². The van der Waals surface area contributed by atoms with Crippen LogP contribution in [-0.2, 0) is 23.8 Å². The molecule has 0 aromatic carbocycles. The van der Waals surface area contributed by atoms with Crippen LogP contribution in [0.25, 0.3) is 0 Å². The van der Waals surface area contributed by atoms with Gasteiger partial charge < -0.3 is 19.3 Å². The molecule has 116 valence electrons. The number of hydrogen-bond donors (Lipinski definition) is 1. The number of carbonyl (C=O) groups excluding carboxylic acids is 2. The van der Waals surface area contributed by atoms with Crippen LogP contribution in [-0.4, -0.2) is 49.1 Å². The molecule has 1 N–H and O–H groups in total. The van der Waals surface area contributed by atoms with E-state index in [1.807, 2.05) is 0 Å². The summed E-state index contributed by atoms with van der Waals surface area (Å²) < 4.78 is 15.1. The summed E-state index contributed by atoms with van der Waals surface area (Å²) in [6, 6.07) is 0. The van der Waals surface area contributed by atoms with E-state index in [4.69, 9.17) is 14.2 Å². The lowest BCUT2D eigenvalue weighted by molar-refractivity contribution is -0.194. The quantitative estimate of drug-likeness (QED) is 0.581. The molecule has 1 fully saturated rings. The van der Waals surface area contributed by atoms with E-state index in [1.54, 1.807) is 13.8 Å². The van der Waals surface area contributed by atoms with Crippen molar-refractivity contribution in [3.05, 3.63) is 0 Å². The van der Waals surface area contributed by atoms with Crippen LogP contribution in [0.4, 0.5) is 0 Å². The fourth-order valence-electron chi connectivity index (χ4n) is 2.76. The zero-order valence-corrected chi connectivity index (χ0v) is 12.4. The molecule has 2 atom stereocenters. The van der Waals surface area contributed by atoms with E-state index in [1.165, 1.54) is 7.11 Å². The van der Waals surface area contributed by atoms with E-state index >= 15 is 0 Å². The fraction of sp³-hybridized carbons (Fsp3) is 0.857. The van der Waals surface area contributed by atoms with Gasteiger partial charge in [0, 0.05) is 7.11 Å². The Morgan fingerprint density at radius 3 is 2.20 bits per heavy atom. The molecule has 1 saturated carbocycles. The van der Waals surface area contributed by atoms with Crippen molar-refractivity contribution in [1.29, 1.82) is 0 Å². The first kappa shape index (κ1) is 16.9. The van der Waals surface area contributed by atoms with Crippen molar-refractivity contribution in [3.63, 3.8) is 0 Å².